The van der Waals surface area contributed by atoms with Crippen molar-refractivity contribution in [3.63, 3.8) is 0 Å². The number of carbonyl (C=O) groups excluding carboxylic acids is 2. The van der Waals surface area contributed by atoms with Crippen LogP contribution in [0.15, 0.2) is 48.5 Å². The first-order chi connectivity index (χ1) is 12.0. The standard InChI is InChI=1S/C20H24N2O3/c1-14(2)12-13-25-18-10-8-17(9-11-18)20(24)22-21-19(23)16-6-4-15(3)5-7-16/h4-11,14H,12-13H2,1-3H3,(H,21,23)(H,22,24). The average Bonchev–Trinajstić information content (AvgIpc) is 2.60. The topological polar surface area (TPSA) is 67.4 Å². The van der Waals surface area contributed by atoms with Crippen molar-refractivity contribution < 1.29 is 14.3 Å². The van der Waals surface area contributed by atoms with Gasteiger partial charge in [-0.2, -0.15) is 0 Å². The number of amides is 2. The third kappa shape index (κ3) is 5.95. The number of nitrogens with one attached hydrogen (secondary N) is 2. The number of hydrazine groups is 1. The molecule has 0 saturated carbocycles. The monoisotopic (exact) mass is 340 g/mol. The molecule has 0 aromatic heterocycles. The predicted molar refractivity (Wildman–Crippen MR) is 97.5 cm³/mol. The number of ether oxygens (including phenoxy) is 1. The lowest BCUT2D eigenvalue weighted by Gasteiger charge is -2.10. The highest BCUT2D eigenvalue weighted by atomic mass is 16.5. The van der Waals surface area contributed by atoms with Gasteiger partial charge in [0.15, 0.2) is 0 Å². The van der Waals surface area contributed by atoms with Gasteiger partial charge < -0.3 is 4.74 Å². The van der Waals surface area contributed by atoms with Crippen molar-refractivity contribution in [3.05, 3.63) is 65.2 Å². The fraction of sp³-hybridized carbons (Fsp3) is 0.300. The Morgan fingerprint density at radius 2 is 1.36 bits per heavy atom. The van der Waals surface area contributed by atoms with Crippen LogP contribution in [0.1, 0.15) is 46.5 Å². The molecule has 25 heavy (non-hydrogen) atoms. The van der Waals surface area contributed by atoms with Crippen molar-refractivity contribution in [3.8, 4) is 5.75 Å². The Bertz CT molecular complexity index is 707. The van der Waals surface area contributed by atoms with Crippen molar-refractivity contribution in [1.29, 1.82) is 0 Å². The summed E-state index contributed by atoms with van der Waals surface area (Å²) in [6.45, 7) is 6.87. The molecule has 2 amide bonds. The lowest BCUT2D eigenvalue weighted by Crippen LogP contribution is -2.41. The summed E-state index contributed by atoms with van der Waals surface area (Å²) in [5.41, 5.74) is 6.82. The Kier molecular flexibility index (Phi) is 6.57. The van der Waals surface area contributed by atoms with Gasteiger partial charge in [-0.05, 0) is 55.7 Å². The Morgan fingerprint density at radius 3 is 1.84 bits per heavy atom. The molecule has 5 heteroatoms. The summed E-state index contributed by atoms with van der Waals surface area (Å²) in [5, 5.41) is 0. The molecule has 132 valence electrons. The molecule has 0 bridgehead atoms. The van der Waals surface area contributed by atoms with Gasteiger partial charge in [0.05, 0.1) is 6.61 Å². The normalized spacial score (nSPS) is 10.4. The van der Waals surface area contributed by atoms with Gasteiger partial charge in [0.1, 0.15) is 5.75 Å². The van der Waals surface area contributed by atoms with E-state index in [0.717, 1.165) is 17.7 Å². The number of aryl methyl sites for hydroxylation is 1. The molecule has 0 aliphatic heterocycles. The molecule has 0 heterocycles. The number of rotatable bonds is 6. The molecule has 0 fully saturated rings. The van der Waals surface area contributed by atoms with Crippen molar-refractivity contribution in [2.75, 3.05) is 6.61 Å². The van der Waals surface area contributed by atoms with E-state index < -0.39 is 0 Å². The predicted octanol–water partition coefficient (Wildman–Crippen LogP) is 3.49. The fourth-order valence-corrected chi connectivity index (χ4v) is 2.08. The zero-order valence-electron chi connectivity index (χ0n) is 14.8. The first kappa shape index (κ1) is 18.5. The molecule has 2 aromatic rings. The summed E-state index contributed by atoms with van der Waals surface area (Å²) in [6.07, 6.45) is 0.979. The molecular formula is C20H24N2O3. The van der Waals surface area contributed by atoms with Gasteiger partial charge >= 0.3 is 0 Å². The quantitative estimate of drug-likeness (QED) is 0.791. The highest BCUT2D eigenvalue weighted by Crippen LogP contribution is 2.13. The largest absolute Gasteiger partial charge is 0.494 e. The molecule has 0 aliphatic carbocycles. The number of carbonyl (C=O) groups is 2. The average molecular weight is 340 g/mol. The maximum atomic E-state index is 12.1. The van der Waals surface area contributed by atoms with E-state index in [9.17, 15) is 9.59 Å². The van der Waals surface area contributed by atoms with Crippen LogP contribution in [-0.2, 0) is 0 Å². The minimum absolute atomic E-state index is 0.359. The van der Waals surface area contributed by atoms with Gasteiger partial charge in [0.2, 0.25) is 0 Å². The minimum Gasteiger partial charge on any atom is -0.494 e. The van der Waals surface area contributed by atoms with E-state index in [1.54, 1.807) is 36.4 Å². The van der Waals surface area contributed by atoms with E-state index in [0.29, 0.717) is 23.7 Å². The maximum Gasteiger partial charge on any atom is 0.269 e. The van der Waals surface area contributed by atoms with Crippen LogP contribution in [0.5, 0.6) is 5.75 Å². The zero-order valence-corrected chi connectivity index (χ0v) is 14.8. The van der Waals surface area contributed by atoms with E-state index in [4.69, 9.17) is 4.74 Å². The van der Waals surface area contributed by atoms with Crippen LogP contribution in [0.25, 0.3) is 0 Å². The van der Waals surface area contributed by atoms with Crippen LogP contribution in [0.2, 0.25) is 0 Å². The second kappa shape index (κ2) is 8.87. The Morgan fingerprint density at radius 1 is 0.880 bits per heavy atom. The summed E-state index contributed by atoms with van der Waals surface area (Å²) in [5.74, 6) is 0.569. The highest BCUT2D eigenvalue weighted by molar-refractivity contribution is 5.99. The first-order valence-corrected chi connectivity index (χ1v) is 8.36. The van der Waals surface area contributed by atoms with Crippen LogP contribution in [0.3, 0.4) is 0 Å². The van der Waals surface area contributed by atoms with Crippen molar-refractivity contribution in [1.82, 2.24) is 10.9 Å². The zero-order chi connectivity index (χ0) is 18.2. The van der Waals surface area contributed by atoms with Crippen molar-refractivity contribution in [2.45, 2.75) is 27.2 Å². The van der Waals surface area contributed by atoms with Crippen LogP contribution in [0, 0.1) is 12.8 Å². The number of hydrogen-bond donors (Lipinski definition) is 2. The molecule has 5 nitrogen and oxygen atoms in total. The molecule has 0 saturated heterocycles. The highest BCUT2D eigenvalue weighted by Gasteiger charge is 2.09. The van der Waals surface area contributed by atoms with Crippen LogP contribution >= 0.6 is 0 Å². The van der Waals surface area contributed by atoms with E-state index in [1.165, 1.54) is 0 Å². The Hall–Kier alpha value is -2.82. The van der Waals surface area contributed by atoms with Gasteiger partial charge in [0.25, 0.3) is 11.8 Å². The lowest BCUT2D eigenvalue weighted by atomic mass is 10.1. The molecule has 0 radical (unpaired) electrons. The Balaban J connectivity index is 1.84. The summed E-state index contributed by atoms with van der Waals surface area (Å²) in [4.78, 5) is 24.1. The smallest absolute Gasteiger partial charge is 0.269 e. The summed E-state index contributed by atoms with van der Waals surface area (Å²) >= 11 is 0. The fourth-order valence-electron chi connectivity index (χ4n) is 2.08. The summed E-state index contributed by atoms with van der Waals surface area (Å²) in [7, 11) is 0. The first-order valence-electron chi connectivity index (χ1n) is 8.36. The van der Waals surface area contributed by atoms with Gasteiger partial charge in [-0.25, -0.2) is 0 Å². The van der Waals surface area contributed by atoms with E-state index in [2.05, 4.69) is 24.7 Å². The van der Waals surface area contributed by atoms with Crippen LogP contribution < -0.4 is 15.6 Å². The summed E-state index contributed by atoms with van der Waals surface area (Å²) < 4.78 is 5.62. The van der Waals surface area contributed by atoms with E-state index in [-0.39, 0.29) is 11.8 Å². The van der Waals surface area contributed by atoms with Crippen LogP contribution in [0.4, 0.5) is 0 Å². The van der Waals surface area contributed by atoms with Gasteiger partial charge in [0, 0.05) is 11.1 Å². The van der Waals surface area contributed by atoms with Crippen molar-refractivity contribution in [2.24, 2.45) is 5.92 Å². The van der Waals surface area contributed by atoms with Gasteiger partial charge in [-0.15, -0.1) is 0 Å². The molecule has 0 spiro atoms. The SMILES string of the molecule is Cc1ccc(C(=O)NNC(=O)c2ccc(OCCC(C)C)cc2)cc1. The second-order valence-corrected chi connectivity index (χ2v) is 6.33. The maximum absolute atomic E-state index is 12.1. The third-order valence-corrected chi connectivity index (χ3v) is 3.68. The molecule has 0 atom stereocenters. The molecule has 0 unspecified atom stereocenters. The van der Waals surface area contributed by atoms with Gasteiger partial charge in [-0.3, -0.25) is 20.4 Å². The number of hydrogen-bond acceptors (Lipinski definition) is 3. The second-order valence-electron chi connectivity index (χ2n) is 6.33. The van der Waals surface area contributed by atoms with E-state index >= 15 is 0 Å². The molecule has 2 rings (SSSR count). The lowest BCUT2D eigenvalue weighted by molar-refractivity contribution is 0.0846. The summed E-state index contributed by atoms with van der Waals surface area (Å²) in [6, 6.07) is 13.9. The third-order valence-electron chi connectivity index (χ3n) is 3.68. The Labute approximate surface area is 148 Å². The molecular weight excluding hydrogens is 316 g/mol. The van der Waals surface area contributed by atoms with E-state index in [1.807, 2.05) is 19.1 Å². The van der Waals surface area contributed by atoms with Gasteiger partial charge in [-0.1, -0.05) is 31.5 Å². The number of benzene rings is 2. The molecule has 2 aromatic carbocycles. The van der Waals surface area contributed by atoms with Crippen molar-refractivity contribution >= 4 is 11.8 Å². The molecule has 0 aliphatic rings. The minimum atomic E-state index is -0.380. The molecule has 2 N–H and O–H groups in total. The van der Waals surface area contributed by atoms with Crippen LogP contribution in [-0.4, -0.2) is 18.4 Å².